The third-order valence-electron chi connectivity index (χ3n) is 4.69. The molecule has 0 radical (unpaired) electrons. The van der Waals surface area contributed by atoms with Crippen molar-refractivity contribution in [3.8, 4) is 0 Å². The van der Waals surface area contributed by atoms with Gasteiger partial charge in [-0.05, 0) is 61.2 Å². The number of hydrogen-bond donors (Lipinski definition) is 0. The van der Waals surface area contributed by atoms with Crippen LogP contribution in [-0.2, 0) is 21.1 Å². The number of carbonyl (C=O) groups excluding carboxylic acids is 1. The fourth-order valence-electron chi connectivity index (χ4n) is 3.27. The molecule has 3 nitrogen and oxygen atoms in total. The number of hydrogen-bond acceptors (Lipinski definition) is 3. The molecule has 2 atom stereocenters. The monoisotopic (exact) mass is 440 g/mol. The Bertz CT molecular complexity index is 861. The van der Waals surface area contributed by atoms with Crippen LogP contribution in [0.25, 0.3) is 0 Å². The predicted molar refractivity (Wildman–Crippen MR) is 103 cm³/mol. The van der Waals surface area contributed by atoms with Crippen LogP contribution in [0.1, 0.15) is 24.8 Å². The minimum Gasteiger partial charge on any atom is -0.299 e. The first kappa shape index (κ1) is 18.6. The predicted octanol–water partition coefficient (Wildman–Crippen LogP) is 4.86. The Hall–Kier alpha value is -1.17. The number of carbonyl (C=O) groups is 1. The van der Waals surface area contributed by atoms with E-state index in [1.807, 2.05) is 24.3 Å². The van der Waals surface area contributed by atoms with Gasteiger partial charge < -0.3 is 0 Å². The van der Waals surface area contributed by atoms with Crippen LogP contribution in [0.3, 0.4) is 0 Å². The fraction of sp³-hybridized carbons (Fsp3) is 0.316. The van der Waals surface area contributed by atoms with Crippen LogP contribution in [-0.4, -0.2) is 19.5 Å². The Kier molecular flexibility index (Phi) is 5.66. The lowest BCUT2D eigenvalue weighted by Gasteiger charge is -2.28. The normalized spacial score (nSPS) is 21.3. The van der Waals surface area contributed by atoms with Crippen LogP contribution in [0.2, 0.25) is 5.02 Å². The zero-order valence-electron chi connectivity index (χ0n) is 13.5. The Balaban J connectivity index is 1.78. The minimum absolute atomic E-state index is 0.158. The summed E-state index contributed by atoms with van der Waals surface area (Å²) in [5, 5.41) is -0.0160. The molecule has 1 saturated carbocycles. The molecule has 0 bridgehead atoms. The minimum atomic E-state index is -3.45. The molecule has 0 N–H and O–H groups in total. The maximum Gasteiger partial charge on any atom is 0.181 e. The highest BCUT2D eigenvalue weighted by molar-refractivity contribution is 9.10. The third kappa shape index (κ3) is 4.33. The van der Waals surface area contributed by atoms with Gasteiger partial charge in [-0.1, -0.05) is 39.7 Å². The average Bonchev–Trinajstić information content (AvgIpc) is 2.59. The van der Waals surface area contributed by atoms with E-state index in [1.54, 1.807) is 12.1 Å². The van der Waals surface area contributed by atoms with E-state index in [2.05, 4.69) is 15.9 Å². The second-order valence-corrected chi connectivity index (χ2v) is 9.97. The number of ketones is 1. The van der Waals surface area contributed by atoms with Crippen molar-refractivity contribution in [3.63, 3.8) is 0 Å². The van der Waals surface area contributed by atoms with Crippen LogP contribution in [0, 0.1) is 5.92 Å². The first-order valence-corrected chi connectivity index (χ1v) is 10.8. The number of benzene rings is 2. The molecule has 3 rings (SSSR count). The van der Waals surface area contributed by atoms with Crippen LogP contribution in [0.5, 0.6) is 0 Å². The fourth-order valence-corrected chi connectivity index (χ4v) is 5.48. The maximum atomic E-state index is 12.9. The lowest BCUT2D eigenvalue weighted by Crippen LogP contribution is -2.34. The Labute approximate surface area is 161 Å². The number of Topliss-reactive ketones (excluding diaryl/α,β-unsaturated/α-hetero) is 1. The molecular formula is C19H18BrClO3S. The van der Waals surface area contributed by atoms with Gasteiger partial charge in [-0.3, -0.25) is 4.79 Å². The van der Waals surface area contributed by atoms with Crippen LogP contribution in [0.4, 0.5) is 0 Å². The molecule has 2 aromatic carbocycles. The van der Waals surface area contributed by atoms with Crippen LogP contribution >= 0.6 is 27.5 Å². The summed E-state index contributed by atoms with van der Waals surface area (Å²) in [4.78, 5) is 12.6. The molecule has 1 fully saturated rings. The summed E-state index contributed by atoms with van der Waals surface area (Å²) in [7, 11) is -3.45. The summed E-state index contributed by atoms with van der Waals surface area (Å²) in [5.41, 5.74) is 1.05. The van der Waals surface area contributed by atoms with Crippen molar-refractivity contribution < 1.29 is 13.2 Å². The largest absolute Gasteiger partial charge is 0.299 e. The Morgan fingerprint density at radius 2 is 1.68 bits per heavy atom. The molecule has 0 spiro atoms. The van der Waals surface area contributed by atoms with Gasteiger partial charge in [0.05, 0.1) is 10.1 Å². The molecule has 132 valence electrons. The highest BCUT2D eigenvalue weighted by Crippen LogP contribution is 2.32. The highest BCUT2D eigenvalue weighted by Gasteiger charge is 2.36. The van der Waals surface area contributed by atoms with Gasteiger partial charge in [0.2, 0.25) is 0 Å². The molecule has 0 aliphatic heterocycles. The van der Waals surface area contributed by atoms with Crippen LogP contribution < -0.4 is 0 Å². The van der Waals surface area contributed by atoms with Crippen LogP contribution in [0.15, 0.2) is 57.9 Å². The molecule has 0 amide bonds. The van der Waals surface area contributed by atoms with Crippen molar-refractivity contribution in [2.75, 3.05) is 0 Å². The zero-order valence-corrected chi connectivity index (χ0v) is 16.6. The van der Waals surface area contributed by atoms with Crippen molar-refractivity contribution in [2.24, 2.45) is 5.92 Å². The SMILES string of the molecule is O=C1CCC(S(=O)(=O)c2ccc(Cl)cc2)CC1Cc1ccc(Br)cc1. The average molecular weight is 442 g/mol. The first-order chi connectivity index (χ1) is 11.9. The van der Waals surface area contributed by atoms with Gasteiger partial charge >= 0.3 is 0 Å². The summed E-state index contributed by atoms with van der Waals surface area (Å²) in [6.07, 6.45) is 1.66. The highest BCUT2D eigenvalue weighted by atomic mass is 79.9. The molecule has 0 heterocycles. The molecular weight excluding hydrogens is 424 g/mol. The molecule has 1 aliphatic rings. The lowest BCUT2D eigenvalue weighted by molar-refractivity contribution is -0.124. The van der Waals surface area contributed by atoms with Gasteiger partial charge in [0, 0.05) is 21.8 Å². The summed E-state index contributed by atoms with van der Waals surface area (Å²) < 4.78 is 26.8. The molecule has 25 heavy (non-hydrogen) atoms. The first-order valence-electron chi connectivity index (χ1n) is 8.13. The second kappa shape index (κ2) is 7.60. The molecule has 2 unspecified atom stereocenters. The third-order valence-corrected chi connectivity index (χ3v) is 7.71. The molecule has 0 aromatic heterocycles. The van der Waals surface area contributed by atoms with Crippen molar-refractivity contribution in [1.82, 2.24) is 0 Å². The number of sulfone groups is 1. The number of halogens is 2. The van der Waals surface area contributed by atoms with E-state index >= 15 is 0 Å². The number of rotatable bonds is 4. The van der Waals surface area contributed by atoms with E-state index in [-0.39, 0.29) is 16.6 Å². The molecule has 1 aliphatic carbocycles. The smallest absolute Gasteiger partial charge is 0.181 e. The second-order valence-electron chi connectivity index (χ2n) is 6.39. The van der Waals surface area contributed by atoms with E-state index < -0.39 is 15.1 Å². The van der Waals surface area contributed by atoms with Crippen molar-refractivity contribution in [3.05, 3.63) is 63.6 Å². The summed E-state index contributed by atoms with van der Waals surface area (Å²) in [6.45, 7) is 0. The van der Waals surface area contributed by atoms with E-state index in [9.17, 15) is 13.2 Å². The summed E-state index contributed by atoms with van der Waals surface area (Å²) in [5.74, 6) is -0.0903. The van der Waals surface area contributed by atoms with Crippen molar-refractivity contribution >= 4 is 43.2 Å². The lowest BCUT2D eigenvalue weighted by atomic mass is 9.83. The van der Waals surface area contributed by atoms with E-state index in [0.29, 0.717) is 30.7 Å². The molecule has 6 heteroatoms. The Morgan fingerprint density at radius 1 is 1.04 bits per heavy atom. The van der Waals surface area contributed by atoms with E-state index in [0.717, 1.165) is 10.0 Å². The molecule has 0 saturated heterocycles. The maximum absolute atomic E-state index is 12.9. The van der Waals surface area contributed by atoms with Gasteiger partial charge in [0.15, 0.2) is 9.84 Å². The topological polar surface area (TPSA) is 51.2 Å². The molecule has 2 aromatic rings. The van der Waals surface area contributed by atoms with E-state index in [4.69, 9.17) is 11.6 Å². The summed E-state index contributed by atoms with van der Waals surface area (Å²) >= 11 is 9.24. The van der Waals surface area contributed by atoms with Crippen molar-refractivity contribution in [1.29, 1.82) is 0 Å². The standard InChI is InChI=1S/C19H18BrClO3S/c20-15-3-1-13(2-4-15)11-14-12-18(9-10-19(14)22)25(23,24)17-7-5-16(21)6-8-17/h1-8,14,18H,9-12H2. The van der Waals surface area contributed by atoms with E-state index in [1.165, 1.54) is 12.1 Å². The zero-order chi connectivity index (χ0) is 18.0. The summed E-state index contributed by atoms with van der Waals surface area (Å²) in [6, 6.07) is 14.1. The van der Waals surface area contributed by atoms with Gasteiger partial charge in [0.1, 0.15) is 5.78 Å². The Morgan fingerprint density at radius 3 is 2.32 bits per heavy atom. The quantitative estimate of drug-likeness (QED) is 0.681. The van der Waals surface area contributed by atoms with Gasteiger partial charge in [0.25, 0.3) is 0 Å². The van der Waals surface area contributed by atoms with Crippen molar-refractivity contribution in [2.45, 2.75) is 35.8 Å². The van der Waals surface area contributed by atoms with Gasteiger partial charge in [-0.2, -0.15) is 0 Å². The van der Waals surface area contributed by atoms with Gasteiger partial charge in [-0.25, -0.2) is 8.42 Å². The van der Waals surface area contributed by atoms with Gasteiger partial charge in [-0.15, -0.1) is 0 Å².